The number of rotatable bonds is 4. The van der Waals surface area contributed by atoms with Crippen molar-refractivity contribution in [3.63, 3.8) is 0 Å². The summed E-state index contributed by atoms with van der Waals surface area (Å²) in [5.74, 6) is -1.34. The van der Waals surface area contributed by atoms with Gasteiger partial charge in [0.1, 0.15) is 5.69 Å². The summed E-state index contributed by atoms with van der Waals surface area (Å²) >= 11 is 0. The van der Waals surface area contributed by atoms with Crippen molar-refractivity contribution in [1.29, 1.82) is 0 Å². The third kappa shape index (κ3) is 4.24. The molecule has 0 heterocycles. The van der Waals surface area contributed by atoms with E-state index in [1.165, 1.54) is 18.2 Å². The van der Waals surface area contributed by atoms with Crippen molar-refractivity contribution < 1.29 is 8.78 Å². The molecule has 4 heteroatoms. The van der Waals surface area contributed by atoms with E-state index in [2.05, 4.69) is 10.3 Å². The maximum atomic E-state index is 13.5. The first-order valence-electron chi connectivity index (χ1n) is 6.56. The molecule has 108 valence electrons. The van der Waals surface area contributed by atoms with Crippen LogP contribution >= 0.6 is 0 Å². The highest BCUT2D eigenvalue weighted by Gasteiger charge is 2.06. The molecule has 2 aromatic carbocycles. The van der Waals surface area contributed by atoms with Crippen LogP contribution in [0, 0.1) is 11.6 Å². The molecule has 0 saturated heterocycles. The third-order valence-corrected chi connectivity index (χ3v) is 2.77. The van der Waals surface area contributed by atoms with Crippen LogP contribution in [0.25, 0.3) is 0 Å². The lowest BCUT2D eigenvalue weighted by atomic mass is 10.2. The Bertz CT molecular complexity index is 656. The molecule has 2 nitrogen and oxygen atoms in total. The zero-order valence-electron chi connectivity index (χ0n) is 11.9. The number of halogens is 2. The highest BCUT2D eigenvalue weighted by Crippen LogP contribution is 2.22. The molecule has 1 N–H and O–H groups in total. The Kier molecular flexibility index (Phi) is 4.82. The number of nitrogens with one attached hydrogen (secondary N) is 1. The molecule has 2 rings (SSSR count). The predicted molar refractivity (Wildman–Crippen MR) is 82.9 cm³/mol. The summed E-state index contributed by atoms with van der Waals surface area (Å²) in [5, 5.41) is 3.18. The van der Waals surface area contributed by atoms with E-state index in [9.17, 15) is 8.78 Å². The summed E-state index contributed by atoms with van der Waals surface area (Å²) < 4.78 is 27.0. The highest BCUT2D eigenvalue weighted by atomic mass is 19.1. The van der Waals surface area contributed by atoms with E-state index < -0.39 is 11.6 Å². The molecule has 0 spiro atoms. The Morgan fingerprint density at radius 3 is 2.19 bits per heavy atom. The van der Waals surface area contributed by atoms with E-state index in [-0.39, 0.29) is 5.69 Å². The summed E-state index contributed by atoms with van der Waals surface area (Å²) in [6.07, 6.45) is 1.74. The molecular weight excluding hydrogens is 270 g/mol. The van der Waals surface area contributed by atoms with Gasteiger partial charge in [-0.1, -0.05) is 24.3 Å². The summed E-state index contributed by atoms with van der Waals surface area (Å²) in [4.78, 5) is 3.99. The van der Waals surface area contributed by atoms with Crippen molar-refractivity contribution in [3.05, 3.63) is 71.9 Å². The fraction of sp³-hybridized carbons (Fsp3) is 0.118. The van der Waals surface area contributed by atoms with E-state index in [0.717, 1.165) is 11.4 Å². The number of hydrogen-bond donors (Lipinski definition) is 1. The average Bonchev–Trinajstić information content (AvgIpc) is 2.44. The van der Waals surface area contributed by atoms with Crippen molar-refractivity contribution in [2.24, 2.45) is 4.99 Å². The molecule has 0 aromatic heterocycles. The van der Waals surface area contributed by atoms with Gasteiger partial charge in [0.25, 0.3) is 0 Å². The average molecular weight is 286 g/mol. The molecule has 0 aliphatic rings. The highest BCUT2D eigenvalue weighted by molar-refractivity contribution is 5.95. The quantitative estimate of drug-likeness (QED) is 0.779. The topological polar surface area (TPSA) is 24.4 Å². The first-order valence-corrected chi connectivity index (χ1v) is 6.56. The van der Waals surface area contributed by atoms with Crippen LogP contribution in [0.2, 0.25) is 0 Å². The molecule has 0 fully saturated rings. The van der Waals surface area contributed by atoms with Crippen LogP contribution in [0.15, 0.2) is 65.3 Å². The SMILES string of the molecule is CC(/C=C(/C)Nc1ccccc1)=Nc1c(F)cccc1F. The predicted octanol–water partition coefficient (Wildman–Crippen LogP) is 5.07. The number of anilines is 1. The van der Waals surface area contributed by atoms with Crippen molar-refractivity contribution >= 4 is 17.1 Å². The van der Waals surface area contributed by atoms with Crippen molar-refractivity contribution in [3.8, 4) is 0 Å². The maximum Gasteiger partial charge on any atom is 0.151 e. The molecule has 0 bridgehead atoms. The minimum absolute atomic E-state index is 0.265. The van der Waals surface area contributed by atoms with Crippen LogP contribution in [0.3, 0.4) is 0 Å². The monoisotopic (exact) mass is 286 g/mol. The van der Waals surface area contributed by atoms with Gasteiger partial charge in [0.2, 0.25) is 0 Å². The molecule has 0 atom stereocenters. The Labute approximate surface area is 122 Å². The van der Waals surface area contributed by atoms with Gasteiger partial charge in [-0.15, -0.1) is 0 Å². The van der Waals surface area contributed by atoms with E-state index in [1.54, 1.807) is 13.0 Å². The largest absolute Gasteiger partial charge is 0.359 e. The number of hydrogen-bond acceptors (Lipinski definition) is 2. The molecule has 0 radical (unpaired) electrons. The lowest BCUT2D eigenvalue weighted by Crippen LogP contribution is -1.98. The van der Waals surface area contributed by atoms with Gasteiger partial charge in [-0.2, -0.15) is 0 Å². The van der Waals surface area contributed by atoms with Gasteiger partial charge < -0.3 is 5.32 Å². The minimum Gasteiger partial charge on any atom is -0.359 e. The number of nitrogens with zero attached hydrogens (tertiary/aromatic N) is 1. The van der Waals surface area contributed by atoms with Gasteiger partial charge in [-0.05, 0) is 44.2 Å². The van der Waals surface area contributed by atoms with Gasteiger partial charge in [0.15, 0.2) is 11.6 Å². The molecule has 0 saturated carbocycles. The first kappa shape index (κ1) is 14.9. The Morgan fingerprint density at radius 1 is 0.952 bits per heavy atom. The molecule has 2 aromatic rings. The Hall–Kier alpha value is -2.49. The standard InChI is InChI=1S/C17H16F2N2/c1-12(20-14-7-4-3-5-8-14)11-13(2)21-17-15(18)9-6-10-16(17)19/h3-11,20H,1-2H3/b12-11-,21-13?. The Balaban J connectivity index is 2.18. The molecule has 0 amide bonds. The minimum atomic E-state index is -0.670. The van der Waals surface area contributed by atoms with Gasteiger partial charge in [-0.25, -0.2) is 13.8 Å². The van der Waals surface area contributed by atoms with E-state index in [1.807, 2.05) is 37.3 Å². The molecule has 21 heavy (non-hydrogen) atoms. The summed E-state index contributed by atoms with van der Waals surface area (Å²) in [5.41, 5.74) is 2.02. The molecule has 0 unspecified atom stereocenters. The van der Waals surface area contributed by atoms with Crippen LogP contribution in [0.1, 0.15) is 13.8 Å². The smallest absolute Gasteiger partial charge is 0.151 e. The van der Waals surface area contributed by atoms with E-state index in [0.29, 0.717) is 5.71 Å². The van der Waals surface area contributed by atoms with Crippen LogP contribution in [0.4, 0.5) is 20.2 Å². The van der Waals surface area contributed by atoms with Crippen LogP contribution < -0.4 is 5.32 Å². The number of allylic oxidation sites excluding steroid dienone is 2. The number of aliphatic imine (C=N–C) groups is 1. The molecular formula is C17H16F2N2. The Morgan fingerprint density at radius 2 is 1.57 bits per heavy atom. The van der Waals surface area contributed by atoms with Crippen LogP contribution in [-0.4, -0.2) is 5.71 Å². The second kappa shape index (κ2) is 6.79. The van der Waals surface area contributed by atoms with Crippen LogP contribution in [0.5, 0.6) is 0 Å². The normalized spacial score (nSPS) is 12.4. The van der Waals surface area contributed by atoms with Crippen molar-refractivity contribution in [2.45, 2.75) is 13.8 Å². The summed E-state index contributed by atoms with van der Waals surface area (Å²) in [6.45, 7) is 3.56. The fourth-order valence-corrected chi connectivity index (χ4v) is 1.90. The van der Waals surface area contributed by atoms with Crippen LogP contribution in [-0.2, 0) is 0 Å². The van der Waals surface area contributed by atoms with E-state index in [4.69, 9.17) is 0 Å². The second-order valence-electron chi connectivity index (χ2n) is 4.64. The van der Waals surface area contributed by atoms with Gasteiger partial charge in [-0.3, -0.25) is 0 Å². The van der Waals surface area contributed by atoms with E-state index >= 15 is 0 Å². The zero-order chi connectivity index (χ0) is 15.2. The van der Waals surface area contributed by atoms with Crippen molar-refractivity contribution in [1.82, 2.24) is 0 Å². The summed E-state index contributed by atoms with van der Waals surface area (Å²) in [6, 6.07) is 13.3. The third-order valence-electron chi connectivity index (χ3n) is 2.77. The fourth-order valence-electron chi connectivity index (χ4n) is 1.90. The lowest BCUT2D eigenvalue weighted by molar-refractivity contribution is 0.587. The van der Waals surface area contributed by atoms with Gasteiger partial charge in [0, 0.05) is 17.1 Å². The lowest BCUT2D eigenvalue weighted by Gasteiger charge is -2.06. The zero-order valence-corrected chi connectivity index (χ0v) is 11.9. The van der Waals surface area contributed by atoms with Gasteiger partial charge in [0.05, 0.1) is 0 Å². The van der Waals surface area contributed by atoms with Gasteiger partial charge >= 0.3 is 0 Å². The first-order chi connectivity index (χ1) is 10.1. The molecule has 0 aliphatic heterocycles. The summed E-state index contributed by atoms with van der Waals surface area (Å²) in [7, 11) is 0. The number of benzene rings is 2. The van der Waals surface area contributed by atoms with Crippen molar-refractivity contribution in [2.75, 3.05) is 5.32 Å². The number of para-hydroxylation sites is 2. The molecule has 0 aliphatic carbocycles. The maximum absolute atomic E-state index is 13.5. The second-order valence-corrected chi connectivity index (χ2v) is 4.64.